The van der Waals surface area contributed by atoms with Gasteiger partial charge in [0.25, 0.3) is 0 Å². The van der Waals surface area contributed by atoms with Crippen molar-refractivity contribution in [1.29, 1.82) is 0 Å². The van der Waals surface area contributed by atoms with Gasteiger partial charge >= 0.3 is 0 Å². The highest BCUT2D eigenvalue weighted by molar-refractivity contribution is 6.29. The van der Waals surface area contributed by atoms with Crippen LogP contribution in [0, 0.1) is 5.92 Å². The summed E-state index contributed by atoms with van der Waals surface area (Å²) in [4.78, 5) is 6.58. The maximum Gasteiger partial charge on any atom is 0.133 e. The second-order valence-electron chi connectivity index (χ2n) is 4.42. The molecule has 1 aliphatic carbocycles. The van der Waals surface area contributed by atoms with Crippen molar-refractivity contribution in [3.8, 4) is 0 Å². The number of nitrogens with two attached hydrogens (primary N) is 1. The van der Waals surface area contributed by atoms with Crippen LogP contribution in [0.4, 0.5) is 11.5 Å². The zero-order valence-electron chi connectivity index (χ0n) is 9.62. The molecule has 1 aliphatic rings. The Labute approximate surface area is 102 Å². The van der Waals surface area contributed by atoms with Crippen molar-refractivity contribution < 1.29 is 0 Å². The lowest BCUT2D eigenvalue weighted by molar-refractivity contribution is 0.318. The van der Waals surface area contributed by atoms with Gasteiger partial charge in [-0.2, -0.15) is 0 Å². The molecule has 1 saturated carbocycles. The molecule has 0 aromatic carbocycles. The molecule has 3 nitrogen and oxygen atoms in total. The highest BCUT2D eigenvalue weighted by Crippen LogP contribution is 2.29. The maximum absolute atomic E-state index is 5.92. The van der Waals surface area contributed by atoms with E-state index in [0.29, 0.717) is 10.8 Å². The normalized spacial score (nSPS) is 15.9. The second kappa shape index (κ2) is 4.91. The van der Waals surface area contributed by atoms with Gasteiger partial charge in [0.05, 0.1) is 0 Å². The summed E-state index contributed by atoms with van der Waals surface area (Å²) in [5.74, 6) is 1.72. The van der Waals surface area contributed by atoms with E-state index in [9.17, 15) is 0 Å². The average molecular weight is 240 g/mol. The second-order valence-corrected chi connectivity index (χ2v) is 4.80. The number of hydrogen-bond acceptors (Lipinski definition) is 3. The minimum atomic E-state index is 0.474. The van der Waals surface area contributed by atoms with Crippen LogP contribution in [0.25, 0.3) is 0 Å². The SMILES string of the molecule is CCN(CC1CCC1)c1cc(N)cc(Cl)n1. The Hall–Kier alpha value is -0.960. The highest BCUT2D eigenvalue weighted by Gasteiger charge is 2.21. The Morgan fingerprint density at radius 1 is 1.50 bits per heavy atom. The van der Waals surface area contributed by atoms with Gasteiger partial charge in [-0.15, -0.1) is 0 Å². The number of anilines is 2. The number of hydrogen-bond donors (Lipinski definition) is 1. The van der Waals surface area contributed by atoms with Gasteiger partial charge in [0, 0.05) is 24.8 Å². The monoisotopic (exact) mass is 239 g/mol. The van der Waals surface area contributed by atoms with Crippen LogP contribution in [0.15, 0.2) is 12.1 Å². The zero-order valence-corrected chi connectivity index (χ0v) is 10.4. The lowest BCUT2D eigenvalue weighted by Crippen LogP contribution is -2.33. The van der Waals surface area contributed by atoms with Gasteiger partial charge in [-0.1, -0.05) is 18.0 Å². The third-order valence-electron chi connectivity index (χ3n) is 3.21. The topological polar surface area (TPSA) is 42.1 Å². The van der Waals surface area contributed by atoms with E-state index in [0.717, 1.165) is 24.8 Å². The standard InChI is InChI=1S/C12H18ClN3/c1-2-16(8-9-4-3-5-9)12-7-10(14)6-11(13)15-12/h6-7,9H,2-5,8H2,1H3,(H2,14,15). The minimum Gasteiger partial charge on any atom is -0.399 e. The molecular formula is C12H18ClN3. The van der Waals surface area contributed by atoms with Crippen molar-refractivity contribution >= 4 is 23.1 Å². The molecule has 0 radical (unpaired) electrons. The largest absolute Gasteiger partial charge is 0.399 e. The van der Waals surface area contributed by atoms with Crippen LogP contribution < -0.4 is 10.6 Å². The molecule has 0 amide bonds. The van der Waals surface area contributed by atoms with E-state index in [4.69, 9.17) is 17.3 Å². The van der Waals surface area contributed by atoms with Crippen LogP contribution in [0.3, 0.4) is 0 Å². The first-order chi connectivity index (χ1) is 7.69. The van der Waals surface area contributed by atoms with Crippen LogP contribution in [-0.2, 0) is 0 Å². The lowest BCUT2D eigenvalue weighted by Gasteiger charge is -2.32. The van der Waals surface area contributed by atoms with E-state index in [1.807, 2.05) is 6.07 Å². The first kappa shape index (κ1) is 11.5. The molecule has 0 spiro atoms. The molecule has 16 heavy (non-hydrogen) atoms. The summed E-state index contributed by atoms with van der Waals surface area (Å²) in [5.41, 5.74) is 6.46. The van der Waals surface area contributed by atoms with E-state index in [2.05, 4.69) is 16.8 Å². The number of nitrogens with zero attached hydrogens (tertiary/aromatic N) is 2. The number of nitrogen functional groups attached to an aromatic ring is 1. The van der Waals surface area contributed by atoms with E-state index in [1.54, 1.807) is 6.07 Å². The number of rotatable bonds is 4. The third-order valence-corrected chi connectivity index (χ3v) is 3.41. The fourth-order valence-electron chi connectivity index (χ4n) is 2.04. The zero-order chi connectivity index (χ0) is 11.5. The van der Waals surface area contributed by atoms with Crippen LogP contribution in [0.2, 0.25) is 5.15 Å². The predicted molar refractivity (Wildman–Crippen MR) is 68.9 cm³/mol. The molecule has 1 aromatic rings. The molecule has 1 fully saturated rings. The molecule has 88 valence electrons. The molecule has 0 aliphatic heterocycles. The summed E-state index contributed by atoms with van der Waals surface area (Å²) in [6, 6.07) is 3.58. The van der Waals surface area contributed by atoms with Crippen LogP contribution in [0.1, 0.15) is 26.2 Å². The fourth-order valence-corrected chi connectivity index (χ4v) is 2.25. The highest BCUT2D eigenvalue weighted by atomic mass is 35.5. The Balaban J connectivity index is 2.11. The summed E-state index contributed by atoms with van der Waals surface area (Å²) in [7, 11) is 0. The quantitative estimate of drug-likeness (QED) is 0.822. The van der Waals surface area contributed by atoms with Gasteiger partial charge < -0.3 is 10.6 Å². The molecule has 0 bridgehead atoms. The number of aromatic nitrogens is 1. The van der Waals surface area contributed by atoms with Crippen LogP contribution in [-0.4, -0.2) is 18.1 Å². The van der Waals surface area contributed by atoms with Gasteiger partial charge in [-0.25, -0.2) is 4.98 Å². The molecule has 1 heterocycles. The number of pyridine rings is 1. The van der Waals surface area contributed by atoms with Gasteiger partial charge in [0.1, 0.15) is 11.0 Å². The molecule has 2 N–H and O–H groups in total. The summed E-state index contributed by atoms with van der Waals surface area (Å²) in [6.07, 6.45) is 4.05. The van der Waals surface area contributed by atoms with Crippen molar-refractivity contribution in [1.82, 2.24) is 4.98 Å². The van der Waals surface area contributed by atoms with Crippen molar-refractivity contribution in [2.24, 2.45) is 5.92 Å². The van der Waals surface area contributed by atoms with Gasteiger partial charge in [0.15, 0.2) is 0 Å². The Morgan fingerprint density at radius 2 is 2.25 bits per heavy atom. The first-order valence-electron chi connectivity index (χ1n) is 5.87. The van der Waals surface area contributed by atoms with Crippen molar-refractivity contribution in [3.05, 3.63) is 17.3 Å². The Kier molecular flexibility index (Phi) is 3.54. The summed E-state index contributed by atoms with van der Waals surface area (Å²) in [6.45, 7) is 4.16. The van der Waals surface area contributed by atoms with Crippen molar-refractivity contribution in [2.75, 3.05) is 23.7 Å². The number of halogens is 1. The summed E-state index contributed by atoms with van der Waals surface area (Å²) in [5, 5.41) is 0.474. The van der Waals surface area contributed by atoms with E-state index < -0.39 is 0 Å². The predicted octanol–water partition coefficient (Wildman–Crippen LogP) is 2.94. The lowest BCUT2D eigenvalue weighted by atomic mass is 9.85. The van der Waals surface area contributed by atoms with Crippen LogP contribution >= 0.6 is 11.6 Å². The van der Waals surface area contributed by atoms with E-state index >= 15 is 0 Å². The summed E-state index contributed by atoms with van der Waals surface area (Å²) >= 11 is 5.92. The van der Waals surface area contributed by atoms with Gasteiger partial charge in [0.2, 0.25) is 0 Å². The average Bonchev–Trinajstić information content (AvgIpc) is 2.14. The van der Waals surface area contributed by atoms with Gasteiger partial charge in [-0.05, 0) is 31.7 Å². The van der Waals surface area contributed by atoms with Crippen LogP contribution in [0.5, 0.6) is 0 Å². The molecule has 2 rings (SSSR count). The molecular weight excluding hydrogens is 222 g/mol. The third kappa shape index (κ3) is 2.59. The van der Waals surface area contributed by atoms with E-state index in [1.165, 1.54) is 19.3 Å². The first-order valence-corrected chi connectivity index (χ1v) is 6.25. The molecule has 0 atom stereocenters. The Morgan fingerprint density at radius 3 is 2.75 bits per heavy atom. The van der Waals surface area contributed by atoms with Crippen molar-refractivity contribution in [3.63, 3.8) is 0 Å². The maximum atomic E-state index is 5.92. The van der Waals surface area contributed by atoms with E-state index in [-0.39, 0.29) is 0 Å². The Bertz CT molecular complexity index is 343. The molecule has 4 heteroatoms. The fraction of sp³-hybridized carbons (Fsp3) is 0.583. The smallest absolute Gasteiger partial charge is 0.133 e. The summed E-state index contributed by atoms with van der Waals surface area (Å²) < 4.78 is 0. The van der Waals surface area contributed by atoms with Crippen molar-refractivity contribution in [2.45, 2.75) is 26.2 Å². The molecule has 0 unspecified atom stereocenters. The molecule has 1 aromatic heterocycles. The molecule has 0 saturated heterocycles. The minimum absolute atomic E-state index is 0.474. The van der Waals surface area contributed by atoms with Gasteiger partial charge in [-0.3, -0.25) is 0 Å².